The van der Waals surface area contributed by atoms with E-state index in [4.69, 9.17) is 9.15 Å². The van der Waals surface area contributed by atoms with Gasteiger partial charge in [0.25, 0.3) is 5.89 Å². The fourth-order valence-corrected chi connectivity index (χ4v) is 3.03. The van der Waals surface area contributed by atoms with E-state index in [1.54, 1.807) is 16.7 Å². The smallest absolute Gasteiger partial charge is 0.400 e. The van der Waals surface area contributed by atoms with Crippen molar-refractivity contribution in [2.24, 2.45) is 0 Å². The predicted molar refractivity (Wildman–Crippen MR) is 105 cm³/mol. The molecule has 3 aromatic carbocycles. The van der Waals surface area contributed by atoms with Gasteiger partial charge in [0.15, 0.2) is 12.5 Å². The molecule has 0 aliphatic carbocycles. The summed E-state index contributed by atoms with van der Waals surface area (Å²) in [6, 6.07) is 25.8. The van der Waals surface area contributed by atoms with E-state index in [9.17, 15) is 9.90 Å². The second kappa shape index (κ2) is 8.02. The molecule has 0 amide bonds. The molecule has 0 aliphatic rings. The second-order valence-corrected chi connectivity index (χ2v) is 6.69. The fraction of sp³-hybridized carbons (Fsp3) is 0.0833. The third-order valence-electron chi connectivity index (χ3n) is 4.54. The molecule has 4 aromatic rings. The number of esters is 1. The molecule has 0 atom stereocenters. The Labute approximate surface area is 168 Å². The van der Waals surface area contributed by atoms with Gasteiger partial charge in [-0.1, -0.05) is 66.2 Å². The number of carbonyl (C=O) groups is 1. The van der Waals surface area contributed by atoms with Crippen LogP contribution in [0.4, 0.5) is 0 Å². The first kappa shape index (κ1) is 18.5. The Morgan fingerprint density at radius 2 is 1.55 bits per heavy atom. The number of benzene rings is 3. The van der Waals surface area contributed by atoms with Gasteiger partial charge in [0.05, 0.1) is 11.1 Å². The highest BCUT2D eigenvalue weighted by atomic mass is 16.6. The molecule has 0 N–H and O–H groups in total. The van der Waals surface area contributed by atoms with Gasteiger partial charge in [-0.3, -0.25) is 0 Å². The van der Waals surface area contributed by atoms with Gasteiger partial charge in [-0.05, 0) is 31.2 Å². The van der Waals surface area contributed by atoms with Crippen molar-refractivity contribution >= 4 is 5.97 Å². The molecular formula is C24H19NO4. The molecule has 0 bridgehead atoms. The van der Waals surface area contributed by atoms with Gasteiger partial charge < -0.3 is 14.3 Å². The Hall–Kier alpha value is -3.86. The number of aromatic nitrogens is 1. The first-order valence-electron chi connectivity index (χ1n) is 9.23. The van der Waals surface area contributed by atoms with Crippen molar-refractivity contribution in [3.05, 3.63) is 102 Å². The minimum atomic E-state index is -0.694. The molecule has 0 saturated heterocycles. The summed E-state index contributed by atoms with van der Waals surface area (Å²) in [5.74, 6) is -1.10. The molecule has 144 valence electrons. The maximum absolute atomic E-state index is 12.6. The van der Waals surface area contributed by atoms with Gasteiger partial charge >= 0.3 is 11.8 Å². The monoisotopic (exact) mass is 385 g/mol. The van der Waals surface area contributed by atoms with Crippen LogP contribution in [0, 0.1) is 6.92 Å². The van der Waals surface area contributed by atoms with E-state index < -0.39 is 11.9 Å². The summed E-state index contributed by atoms with van der Waals surface area (Å²) in [5, 5.41) is 12.6. The highest BCUT2D eigenvalue weighted by Gasteiger charge is 2.27. The summed E-state index contributed by atoms with van der Waals surface area (Å²) >= 11 is 0. The average molecular weight is 385 g/mol. The summed E-state index contributed by atoms with van der Waals surface area (Å²) in [6.45, 7) is 2.26. The van der Waals surface area contributed by atoms with E-state index in [0.29, 0.717) is 18.0 Å². The Bertz CT molecular complexity index is 1120. The molecule has 0 fully saturated rings. The molecule has 0 radical (unpaired) electrons. The highest BCUT2D eigenvalue weighted by molar-refractivity contribution is 5.90. The van der Waals surface area contributed by atoms with Crippen molar-refractivity contribution in [2.45, 2.75) is 13.5 Å². The van der Waals surface area contributed by atoms with Crippen molar-refractivity contribution in [1.82, 2.24) is 0 Å². The van der Waals surface area contributed by atoms with Gasteiger partial charge in [-0.15, -0.1) is 4.57 Å². The topological polar surface area (TPSA) is 66.4 Å². The van der Waals surface area contributed by atoms with Crippen LogP contribution in [-0.4, -0.2) is 5.97 Å². The van der Waals surface area contributed by atoms with Crippen LogP contribution in [0.5, 0.6) is 11.8 Å². The van der Waals surface area contributed by atoms with Crippen LogP contribution in [0.25, 0.3) is 11.5 Å². The van der Waals surface area contributed by atoms with Crippen LogP contribution in [0.2, 0.25) is 0 Å². The maximum Gasteiger partial charge on any atom is 0.400 e. The van der Waals surface area contributed by atoms with E-state index in [1.807, 2.05) is 79.7 Å². The number of carbonyl (C=O) groups excluding carboxylic acids is 1. The lowest BCUT2D eigenvalue weighted by molar-refractivity contribution is -0.683. The molecule has 5 nitrogen and oxygen atoms in total. The third kappa shape index (κ3) is 4.04. The van der Waals surface area contributed by atoms with Crippen molar-refractivity contribution in [1.29, 1.82) is 0 Å². The quantitative estimate of drug-likeness (QED) is 0.386. The molecule has 1 aromatic heterocycles. The molecule has 0 unspecified atom stereocenters. The van der Waals surface area contributed by atoms with Gasteiger partial charge in [-0.25, -0.2) is 4.79 Å². The zero-order valence-electron chi connectivity index (χ0n) is 15.9. The van der Waals surface area contributed by atoms with Crippen molar-refractivity contribution in [3.63, 3.8) is 0 Å². The molecular weight excluding hydrogens is 366 g/mol. The van der Waals surface area contributed by atoms with Gasteiger partial charge in [0, 0.05) is 5.56 Å². The first-order valence-corrected chi connectivity index (χ1v) is 9.23. The van der Waals surface area contributed by atoms with E-state index in [0.717, 1.165) is 16.7 Å². The van der Waals surface area contributed by atoms with Crippen LogP contribution in [0.1, 0.15) is 21.5 Å². The van der Waals surface area contributed by atoms with Crippen LogP contribution >= 0.6 is 0 Å². The van der Waals surface area contributed by atoms with Crippen molar-refractivity contribution in [2.75, 3.05) is 0 Å². The lowest BCUT2D eigenvalue weighted by Gasteiger charge is -2.05. The lowest BCUT2D eigenvalue weighted by Crippen LogP contribution is -2.37. The van der Waals surface area contributed by atoms with Crippen molar-refractivity contribution in [3.8, 4) is 23.3 Å². The number of hydrogen-bond acceptors (Lipinski definition) is 4. The molecule has 0 spiro atoms. The lowest BCUT2D eigenvalue weighted by atomic mass is 10.1. The summed E-state index contributed by atoms with van der Waals surface area (Å²) in [5.41, 5.74) is 3.06. The van der Waals surface area contributed by atoms with E-state index in [2.05, 4.69) is 0 Å². The third-order valence-corrected chi connectivity index (χ3v) is 4.54. The minimum absolute atomic E-state index is 0.140. The Balaban J connectivity index is 1.75. The first-order chi connectivity index (χ1) is 14.1. The summed E-state index contributed by atoms with van der Waals surface area (Å²) in [6.07, 6.45) is 0. The summed E-state index contributed by atoms with van der Waals surface area (Å²) in [4.78, 5) is 12.6. The molecule has 5 heteroatoms. The van der Waals surface area contributed by atoms with E-state index in [-0.39, 0.29) is 5.88 Å². The standard InChI is InChI=1S/C24H19NO4/c1-17-12-14-20(15-13-17)23(26)29-22-24(27)28-21(19-10-6-3-7-11-19)25(22)16-18-8-4-2-5-9-18/h2-15H,16H2,1H3. The highest BCUT2D eigenvalue weighted by Crippen LogP contribution is 2.29. The predicted octanol–water partition coefficient (Wildman–Crippen LogP) is 3.88. The number of nitrogens with zero attached hydrogens (tertiary/aromatic N) is 1. The van der Waals surface area contributed by atoms with E-state index in [1.165, 1.54) is 0 Å². The Morgan fingerprint density at radius 1 is 0.931 bits per heavy atom. The number of rotatable bonds is 5. The number of aryl methyl sites for hydroxylation is 1. The largest absolute Gasteiger partial charge is 0.537 e. The molecule has 0 saturated carbocycles. The second-order valence-electron chi connectivity index (χ2n) is 6.69. The minimum Gasteiger partial charge on any atom is -0.537 e. The number of oxazole rings is 1. The summed E-state index contributed by atoms with van der Waals surface area (Å²) < 4.78 is 12.6. The number of ether oxygens (including phenoxy) is 1. The number of hydrogen-bond donors (Lipinski definition) is 0. The zero-order valence-corrected chi connectivity index (χ0v) is 15.9. The Morgan fingerprint density at radius 3 is 2.21 bits per heavy atom. The molecule has 29 heavy (non-hydrogen) atoms. The maximum atomic E-state index is 12.6. The normalized spacial score (nSPS) is 10.7. The SMILES string of the molecule is Cc1ccc(C(=O)Oc2c([O-])oc(-c3ccccc3)[n+]2Cc2ccccc2)cc1. The van der Waals surface area contributed by atoms with Gasteiger partial charge in [-0.2, -0.15) is 0 Å². The van der Waals surface area contributed by atoms with Crippen LogP contribution in [0.15, 0.2) is 89.3 Å². The van der Waals surface area contributed by atoms with Gasteiger partial charge in [0.1, 0.15) is 0 Å². The van der Waals surface area contributed by atoms with Crippen LogP contribution < -0.4 is 14.4 Å². The molecule has 1 heterocycles. The fourth-order valence-electron chi connectivity index (χ4n) is 3.03. The molecule has 0 aliphatic heterocycles. The Kier molecular flexibility index (Phi) is 5.12. The van der Waals surface area contributed by atoms with E-state index >= 15 is 0 Å². The zero-order chi connectivity index (χ0) is 20.2. The van der Waals surface area contributed by atoms with Crippen molar-refractivity contribution < 1.29 is 23.6 Å². The van der Waals surface area contributed by atoms with Crippen LogP contribution in [-0.2, 0) is 6.54 Å². The molecule has 4 rings (SSSR count). The van der Waals surface area contributed by atoms with Gasteiger partial charge in [0.2, 0.25) is 0 Å². The summed E-state index contributed by atoms with van der Waals surface area (Å²) in [7, 11) is 0. The van der Waals surface area contributed by atoms with Crippen LogP contribution in [0.3, 0.4) is 0 Å². The average Bonchev–Trinajstić information content (AvgIpc) is 3.05.